The Morgan fingerprint density at radius 3 is 2.67 bits per heavy atom. The van der Waals surface area contributed by atoms with E-state index in [0.717, 1.165) is 19.3 Å². The maximum atomic E-state index is 11.6. The Morgan fingerprint density at radius 2 is 2.06 bits per heavy atom. The summed E-state index contributed by atoms with van der Waals surface area (Å²) in [6.45, 7) is 4.75. The number of esters is 2. The van der Waals surface area contributed by atoms with Gasteiger partial charge in [-0.05, 0) is 37.0 Å². The molecule has 2 aliphatic rings. The summed E-state index contributed by atoms with van der Waals surface area (Å²) in [6.07, 6.45) is 3.83. The molecule has 0 bridgehead atoms. The molecule has 0 radical (unpaired) electrons. The normalized spacial score (nSPS) is 34.7. The van der Waals surface area contributed by atoms with Crippen LogP contribution in [-0.2, 0) is 19.1 Å². The summed E-state index contributed by atoms with van der Waals surface area (Å²) in [5.74, 6) is 1.03. The number of carbonyl (C=O) groups is 2. The molecule has 4 atom stereocenters. The van der Waals surface area contributed by atoms with Gasteiger partial charge in [-0.1, -0.05) is 13.8 Å². The summed E-state index contributed by atoms with van der Waals surface area (Å²) in [6, 6.07) is 0. The number of ether oxygens (including phenoxy) is 2. The van der Waals surface area contributed by atoms with Crippen molar-refractivity contribution < 1.29 is 19.1 Å². The maximum Gasteiger partial charge on any atom is 0.306 e. The smallest absolute Gasteiger partial charge is 0.306 e. The third-order valence-electron chi connectivity index (χ3n) is 4.41. The first kappa shape index (κ1) is 13.4. The molecule has 3 unspecified atom stereocenters. The largest absolute Gasteiger partial charge is 0.465 e. The van der Waals surface area contributed by atoms with Crippen LogP contribution in [0.5, 0.6) is 0 Å². The van der Waals surface area contributed by atoms with Crippen molar-refractivity contribution in [3.05, 3.63) is 0 Å². The second-order valence-corrected chi connectivity index (χ2v) is 5.56. The van der Waals surface area contributed by atoms with E-state index in [1.807, 2.05) is 6.92 Å². The molecule has 0 spiro atoms. The Kier molecular flexibility index (Phi) is 4.25. The highest BCUT2D eigenvalue weighted by Crippen LogP contribution is 2.36. The van der Waals surface area contributed by atoms with Gasteiger partial charge in [-0.3, -0.25) is 9.59 Å². The first-order valence-electron chi connectivity index (χ1n) is 6.95. The second kappa shape index (κ2) is 5.72. The minimum Gasteiger partial charge on any atom is -0.465 e. The van der Waals surface area contributed by atoms with Gasteiger partial charge in [0.25, 0.3) is 0 Å². The van der Waals surface area contributed by atoms with Crippen LogP contribution in [0.4, 0.5) is 0 Å². The van der Waals surface area contributed by atoms with E-state index in [1.54, 1.807) is 0 Å². The van der Waals surface area contributed by atoms with Gasteiger partial charge in [0.15, 0.2) is 0 Å². The van der Waals surface area contributed by atoms with Gasteiger partial charge in [0.2, 0.25) is 0 Å². The highest BCUT2D eigenvalue weighted by Gasteiger charge is 2.36. The van der Waals surface area contributed by atoms with Gasteiger partial charge in [-0.15, -0.1) is 0 Å². The van der Waals surface area contributed by atoms with Gasteiger partial charge in [0.1, 0.15) is 6.10 Å². The molecule has 0 aliphatic carbocycles. The molecule has 2 fully saturated rings. The monoisotopic (exact) mass is 254 g/mol. The van der Waals surface area contributed by atoms with Crippen molar-refractivity contribution in [1.82, 2.24) is 0 Å². The van der Waals surface area contributed by atoms with E-state index in [2.05, 4.69) is 6.92 Å². The number of cyclic esters (lactones) is 2. The highest BCUT2D eigenvalue weighted by atomic mass is 16.5. The predicted molar refractivity (Wildman–Crippen MR) is 65.7 cm³/mol. The molecule has 18 heavy (non-hydrogen) atoms. The van der Waals surface area contributed by atoms with Gasteiger partial charge >= 0.3 is 11.9 Å². The molecule has 102 valence electrons. The Morgan fingerprint density at radius 1 is 1.28 bits per heavy atom. The summed E-state index contributed by atoms with van der Waals surface area (Å²) in [4.78, 5) is 22.6. The lowest BCUT2D eigenvalue weighted by atomic mass is 9.75. The average molecular weight is 254 g/mol. The van der Waals surface area contributed by atoms with Crippen LogP contribution in [0.25, 0.3) is 0 Å². The summed E-state index contributed by atoms with van der Waals surface area (Å²) < 4.78 is 10.4. The van der Waals surface area contributed by atoms with Gasteiger partial charge in [-0.2, -0.15) is 0 Å². The molecule has 4 heteroatoms. The average Bonchev–Trinajstić information content (AvgIpc) is 2.38. The fourth-order valence-corrected chi connectivity index (χ4v) is 3.03. The van der Waals surface area contributed by atoms with E-state index in [0.29, 0.717) is 37.2 Å². The molecule has 0 aromatic carbocycles. The standard InChI is InChI=1S/C14H22O4/c1-3-12-6-11(7-14(16)18-12)9(2)10-4-5-13(15)17-8-10/h9-12H,3-8H2,1-2H3/t9-,10?,11?,12?/m0/s1. The predicted octanol–water partition coefficient (Wildman–Crippen LogP) is 2.31. The van der Waals surface area contributed by atoms with Crippen LogP contribution in [0.1, 0.15) is 46.0 Å². The van der Waals surface area contributed by atoms with E-state index < -0.39 is 0 Å². The van der Waals surface area contributed by atoms with Crippen LogP contribution in [0, 0.1) is 17.8 Å². The van der Waals surface area contributed by atoms with Gasteiger partial charge in [0, 0.05) is 12.8 Å². The summed E-state index contributed by atoms with van der Waals surface area (Å²) in [5, 5.41) is 0. The molecular weight excluding hydrogens is 232 g/mol. The van der Waals surface area contributed by atoms with Crippen LogP contribution in [0.15, 0.2) is 0 Å². The molecule has 2 saturated heterocycles. The number of hydrogen-bond donors (Lipinski definition) is 0. The van der Waals surface area contributed by atoms with E-state index in [-0.39, 0.29) is 18.0 Å². The molecule has 2 rings (SSSR count). The Hall–Kier alpha value is -1.06. The zero-order chi connectivity index (χ0) is 13.1. The van der Waals surface area contributed by atoms with Gasteiger partial charge in [-0.25, -0.2) is 0 Å². The quantitative estimate of drug-likeness (QED) is 0.725. The topological polar surface area (TPSA) is 52.6 Å². The van der Waals surface area contributed by atoms with E-state index in [4.69, 9.17) is 9.47 Å². The van der Waals surface area contributed by atoms with Crippen molar-refractivity contribution in [2.45, 2.75) is 52.1 Å². The Balaban J connectivity index is 1.93. The minimum atomic E-state index is -0.0899. The summed E-state index contributed by atoms with van der Waals surface area (Å²) in [7, 11) is 0. The first-order valence-corrected chi connectivity index (χ1v) is 6.95. The summed E-state index contributed by atoms with van der Waals surface area (Å²) in [5.41, 5.74) is 0. The number of hydrogen-bond acceptors (Lipinski definition) is 4. The van der Waals surface area contributed by atoms with Gasteiger partial charge in [0.05, 0.1) is 6.61 Å². The fourth-order valence-electron chi connectivity index (χ4n) is 3.03. The van der Waals surface area contributed by atoms with E-state index in [1.165, 1.54) is 0 Å². The fraction of sp³-hybridized carbons (Fsp3) is 0.857. The van der Waals surface area contributed by atoms with E-state index in [9.17, 15) is 9.59 Å². The SMILES string of the molecule is CCC1CC([C@@H](C)C2CCC(=O)OC2)CC(=O)O1. The minimum absolute atomic E-state index is 0.0715. The van der Waals surface area contributed by atoms with Crippen LogP contribution in [0.3, 0.4) is 0 Å². The zero-order valence-corrected chi connectivity index (χ0v) is 11.2. The first-order chi connectivity index (χ1) is 8.60. The third-order valence-corrected chi connectivity index (χ3v) is 4.41. The Labute approximate surface area is 108 Å². The van der Waals surface area contributed by atoms with Crippen molar-refractivity contribution in [1.29, 1.82) is 0 Å². The van der Waals surface area contributed by atoms with Crippen molar-refractivity contribution in [3.8, 4) is 0 Å². The molecule has 4 nitrogen and oxygen atoms in total. The van der Waals surface area contributed by atoms with Crippen molar-refractivity contribution in [2.75, 3.05) is 6.61 Å². The van der Waals surface area contributed by atoms with Crippen LogP contribution in [0.2, 0.25) is 0 Å². The number of rotatable bonds is 3. The van der Waals surface area contributed by atoms with Crippen LogP contribution < -0.4 is 0 Å². The molecular formula is C14H22O4. The lowest BCUT2D eigenvalue weighted by molar-refractivity contribution is -0.161. The van der Waals surface area contributed by atoms with Crippen LogP contribution >= 0.6 is 0 Å². The highest BCUT2D eigenvalue weighted by molar-refractivity contribution is 5.71. The zero-order valence-electron chi connectivity index (χ0n) is 11.2. The molecule has 0 N–H and O–H groups in total. The second-order valence-electron chi connectivity index (χ2n) is 5.56. The lowest BCUT2D eigenvalue weighted by Crippen LogP contribution is -2.37. The molecule has 0 saturated carbocycles. The maximum absolute atomic E-state index is 11.6. The van der Waals surface area contributed by atoms with Crippen molar-refractivity contribution in [3.63, 3.8) is 0 Å². The summed E-state index contributed by atoms with van der Waals surface area (Å²) >= 11 is 0. The van der Waals surface area contributed by atoms with Crippen LogP contribution in [-0.4, -0.2) is 24.6 Å². The molecule has 0 aromatic heterocycles. The van der Waals surface area contributed by atoms with Gasteiger partial charge < -0.3 is 9.47 Å². The Bertz CT molecular complexity index is 316. The molecule has 2 aliphatic heterocycles. The van der Waals surface area contributed by atoms with Crippen molar-refractivity contribution >= 4 is 11.9 Å². The van der Waals surface area contributed by atoms with Crippen molar-refractivity contribution in [2.24, 2.45) is 17.8 Å². The molecule has 0 aromatic rings. The lowest BCUT2D eigenvalue weighted by Gasteiger charge is -2.36. The molecule has 2 heterocycles. The molecule has 0 amide bonds. The number of carbonyl (C=O) groups excluding carboxylic acids is 2. The van der Waals surface area contributed by atoms with E-state index >= 15 is 0 Å². The third kappa shape index (κ3) is 3.03.